The number of ether oxygens (including phenoxy) is 1. The Labute approximate surface area is 192 Å². The zero-order valence-electron chi connectivity index (χ0n) is 18.5. The fourth-order valence-corrected chi connectivity index (χ4v) is 3.68. The van der Waals surface area contributed by atoms with Crippen molar-refractivity contribution in [3.63, 3.8) is 0 Å². The molecule has 0 atom stereocenters. The number of aryl methyl sites for hydroxylation is 1. The van der Waals surface area contributed by atoms with Gasteiger partial charge in [-0.15, -0.1) is 11.3 Å². The van der Waals surface area contributed by atoms with Crippen molar-refractivity contribution in [1.82, 2.24) is 9.88 Å². The molecule has 2 amide bonds. The lowest BCUT2D eigenvalue weighted by Gasteiger charge is -2.18. The summed E-state index contributed by atoms with van der Waals surface area (Å²) in [5, 5.41) is 5.80. The molecule has 166 valence electrons. The number of benzene rings is 2. The minimum atomic E-state index is -0.253. The molecule has 0 aliphatic rings. The number of nitrogens with zero attached hydrogens (tertiary/aromatic N) is 2. The predicted octanol–water partition coefficient (Wildman–Crippen LogP) is 5.16. The van der Waals surface area contributed by atoms with Gasteiger partial charge in [-0.25, -0.2) is 4.98 Å². The summed E-state index contributed by atoms with van der Waals surface area (Å²) in [6, 6.07) is 14.4. The highest BCUT2D eigenvalue weighted by Crippen LogP contribution is 2.17. The number of hydrogen-bond donors (Lipinski definition) is 1. The zero-order valence-corrected chi connectivity index (χ0v) is 19.3. The molecular formula is C25H27N3O3S. The van der Waals surface area contributed by atoms with Crippen LogP contribution in [0.3, 0.4) is 0 Å². The van der Waals surface area contributed by atoms with Gasteiger partial charge >= 0.3 is 0 Å². The number of thiazole rings is 1. The van der Waals surface area contributed by atoms with Crippen LogP contribution in [0.15, 0.2) is 60.0 Å². The van der Waals surface area contributed by atoms with Crippen LogP contribution >= 0.6 is 11.3 Å². The lowest BCUT2D eigenvalue weighted by molar-refractivity contribution is -0.111. The van der Waals surface area contributed by atoms with Gasteiger partial charge in [0.25, 0.3) is 5.91 Å². The van der Waals surface area contributed by atoms with E-state index in [0.29, 0.717) is 36.7 Å². The maximum atomic E-state index is 12.4. The molecule has 1 aromatic heterocycles. The molecule has 3 aromatic rings. The van der Waals surface area contributed by atoms with Crippen LogP contribution in [-0.2, 0) is 11.4 Å². The molecule has 3 rings (SSSR count). The Balaban J connectivity index is 1.55. The molecule has 2 aromatic carbocycles. The second-order valence-electron chi connectivity index (χ2n) is 7.10. The van der Waals surface area contributed by atoms with Crippen LogP contribution in [0.4, 0.5) is 5.69 Å². The number of rotatable bonds is 9. The Hall–Kier alpha value is -3.45. The topological polar surface area (TPSA) is 71.5 Å². The Kier molecular flexibility index (Phi) is 8.16. The SMILES string of the molecule is CCN(CC)C(=O)c1ccc(NC(=O)/C=C/c2cccc(OCc3csc(C)n3)c2)cc1. The molecule has 6 nitrogen and oxygen atoms in total. The van der Waals surface area contributed by atoms with Gasteiger partial charge in [-0.3, -0.25) is 9.59 Å². The molecule has 0 saturated carbocycles. The van der Waals surface area contributed by atoms with Crippen molar-refractivity contribution in [2.75, 3.05) is 18.4 Å². The third-order valence-corrected chi connectivity index (χ3v) is 5.61. The van der Waals surface area contributed by atoms with E-state index in [1.165, 1.54) is 6.08 Å². The van der Waals surface area contributed by atoms with Gasteiger partial charge in [0.2, 0.25) is 5.91 Å². The molecule has 0 unspecified atom stereocenters. The van der Waals surface area contributed by atoms with Crippen LogP contribution in [0.2, 0.25) is 0 Å². The number of anilines is 1. The quantitative estimate of drug-likeness (QED) is 0.458. The van der Waals surface area contributed by atoms with Crippen molar-refractivity contribution in [1.29, 1.82) is 0 Å². The summed E-state index contributed by atoms with van der Waals surface area (Å²) in [6.07, 6.45) is 3.20. The van der Waals surface area contributed by atoms with Crippen molar-refractivity contribution in [3.05, 3.63) is 81.8 Å². The molecule has 0 radical (unpaired) electrons. The third kappa shape index (κ3) is 6.52. The highest BCUT2D eigenvalue weighted by Gasteiger charge is 2.12. The van der Waals surface area contributed by atoms with Crippen LogP contribution in [0.25, 0.3) is 6.08 Å². The summed E-state index contributed by atoms with van der Waals surface area (Å²) in [6.45, 7) is 7.60. The maximum absolute atomic E-state index is 12.4. The average molecular weight is 450 g/mol. The van der Waals surface area contributed by atoms with Crippen molar-refractivity contribution in [2.45, 2.75) is 27.4 Å². The minimum absolute atomic E-state index is 0.0141. The molecule has 0 bridgehead atoms. The van der Waals surface area contributed by atoms with Crippen molar-refractivity contribution in [3.8, 4) is 5.75 Å². The third-order valence-electron chi connectivity index (χ3n) is 4.79. The van der Waals surface area contributed by atoms with Gasteiger partial charge in [0.05, 0.1) is 10.7 Å². The summed E-state index contributed by atoms with van der Waals surface area (Å²) in [7, 11) is 0. The second kappa shape index (κ2) is 11.2. The number of nitrogens with one attached hydrogen (secondary N) is 1. The van der Waals surface area contributed by atoms with Gasteiger partial charge in [0, 0.05) is 35.8 Å². The molecule has 32 heavy (non-hydrogen) atoms. The van der Waals surface area contributed by atoms with Crippen LogP contribution in [0.5, 0.6) is 5.75 Å². The number of hydrogen-bond acceptors (Lipinski definition) is 5. The van der Waals surface area contributed by atoms with Gasteiger partial charge in [-0.2, -0.15) is 0 Å². The summed E-state index contributed by atoms with van der Waals surface area (Å²) in [4.78, 5) is 30.8. The van der Waals surface area contributed by atoms with E-state index >= 15 is 0 Å². The van der Waals surface area contributed by atoms with Crippen LogP contribution in [-0.4, -0.2) is 34.8 Å². The maximum Gasteiger partial charge on any atom is 0.253 e. The largest absolute Gasteiger partial charge is 0.487 e. The first-order valence-electron chi connectivity index (χ1n) is 10.5. The molecule has 0 spiro atoms. The highest BCUT2D eigenvalue weighted by atomic mass is 32.1. The lowest BCUT2D eigenvalue weighted by atomic mass is 10.1. The number of amides is 2. The molecule has 0 saturated heterocycles. The number of carbonyl (C=O) groups excluding carboxylic acids is 2. The Bertz CT molecular complexity index is 1090. The monoisotopic (exact) mass is 449 g/mol. The van der Waals surface area contributed by atoms with E-state index in [2.05, 4.69) is 10.3 Å². The highest BCUT2D eigenvalue weighted by molar-refractivity contribution is 7.09. The van der Waals surface area contributed by atoms with Crippen LogP contribution < -0.4 is 10.1 Å². The average Bonchev–Trinajstić information content (AvgIpc) is 3.23. The van der Waals surface area contributed by atoms with Crippen LogP contribution in [0.1, 0.15) is 40.5 Å². The van der Waals surface area contributed by atoms with Gasteiger partial charge in [-0.05, 0) is 68.8 Å². The summed E-state index contributed by atoms with van der Waals surface area (Å²) in [5.74, 6) is 0.448. The molecule has 0 aliphatic carbocycles. The zero-order chi connectivity index (χ0) is 22.9. The molecule has 1 heterocycles. The molecular weight excluding hydrogens is 422 g/mol. The summed E-state index contributed by atoms with van der Waals surface area (Å²) in [5.41, 5.74) is 2.99. The fraction of sp³-hybridized carbons (Fsp3) is 0.240. The predicted molar refractivity (Wildman–Crippen MR) is 129 cm³/mol. The molecule has 1 N–H and O–H groups in total. The van der Waals surface area contributed by atoms with E-state index in [1.807, 2.05) is 50.4 Å². The smallest absolute Gasteiger partial charge is 0.253 e. The van der Waals surface area contributed by atoms with Gasteiger partial charge in [0.15, 0.2) is 0 Å². The molecule has 0 aliphatic heterocycles. The lowest BCUT2D eigenvalue weighted by Crippen LogP contribution is -2.30. The van der Waals surface area contributed by atoms with E-state index in [9.17, 15) is 9.59 Å². The first-order valence-corrected chi connectivity index (χ1v) is 11.4. The Morgan fingerprint density at radius 3 is 2.53 bits per heavy atom. The fourth-order valence-electron chi connectivity index (χ4n) is 3.09. The van der Waals surface area contributed by atoms with E-state index in [4.69, 9.17) is 4.74 Å². The van der Waals surface area contributed by atoms with E-state index in [1.54, 1.807) is 46.6 Å². The van der Waals surface area contributed by atoms with Crippen molar-refractivity contribution >= 4 is 34.9 Å². The Morgan fingerprint density at radius 1 is 1.12 bits per heavy atom. The van der Waals surface area contributed by atoms with E-state index < -0.39 is 0 Å². The van der Waals surface area contributed by atoms with Crippen molar-refractivity contribution < 1.29 is 14.3 Å². The van der Waals surface area contributed by atoms with E-state index in [-0.39, 0.29) is 11.8 Å². The normalized spacial score (nSPS) is 10.8. The van der Waals surface area contributed by atoms with Crippen LogP contribution in [0, 0.1) is 6.92 Å². The second-order valence-corrected chi connectivity index (χ2v) is 8.16. The number of aromatic nitrogens is 1. The van der Waals surface area contributed by atoms with Gasteiger partial charge in [-0.1, -0.05) is 12.1 Å². The Morgan fingerprint density at radius 2 is 1.88 bits per heavy atom. The first-order chi connectivity index (χ1) is 15.5. The number of carbonyl (C=O) groups is 2. The first kappa shape index (κ1) is 23.2. The molecule has 0 fully saturated rings. The van der Waals surface area contributed by atoms with E-state index in [0.717, 1.165) is 16.3 Å². The van der Waals surface area contributed by atoms with Gasteiger partial charge < -0.3 is 15.0 Å². The summed E-state index contributed by atoms with van der Waals surface area (Å²) < 4.78 is 5.79. The van der Waals surface area contributed by atoms with Crippen molar-refractivity contribution in [2.24, 2.45) is 0 Å². The van der Waals surface area contributed by atoms with Gasteiger partial charge in [0.1, 0.15) is 12.4 Å². The molecule has 7 heteroatoms. The minimum Gasteiger partial charge on any atom is -0.487 e. The standard InChI is InChI=1S/C25H27N3O3S/c1-4-28(5-2)25(30)20-10-12-21(13-11-20)27-24(29)14-9-19-7-6-8-23(15-19)31-16-22-17-32-18(3)26-22/h6-15,17H,4-5,16H2,1-3H3,(H,27,29)/b14-9+. The summed E-state index contributed by atoms with van der Waals surface area (Å²) >= 11 is 1.59.